The van der Waals surface area contributed by atoms with Crippen LogP contribution in [0.2, 0.25) is 0 Å². The minimum Gasteiger partial charge on any atom is -0.301 e. The molecule has 0 amide bonds. The van der Waals surface area contributed by atoms with Crippen LogP contribution in [0.3, 0.4) is 0 Å². The number of benzene rings is 1. The van der Waals surface area contributed by atoms with Gasteiger partial charge in [0, 0.05) is 24.4 Å². The molecule has 144 valence electrons. The Morgan fingerprint density at radius 1 is 1.04 bits per heavy atom. The van der Waals surface area contributed by atoms with Gasteiger partial charge in [0.05, 0.1) is 0 Å². The molecule has 1 saturated heterocycles. The fraction of sp³-hybridized carbons (Fsp3) is 0.583. The molecule has 3 nitrogen and oxygen atoms in total. The highest BCUT2D eigenvalue weighted by Crippen LogP contribution is 2.46. The number of carbonyl (C=O) groups is 2. The van der Waals surface area contributed by atoms with Gasteiger partial charge in [-0.3, -0.25) is 9.59 Å². The van der Waals surface area contributed by atoms with Crippen molar-refractivity contribution in [3.05, 3.63) is 34.4 Å². The minimum absolute atomic E-state index is 0.106. The molecule has 1 aliphatic carbocycles. The largest absolute Gasteiger partial charge is 0.301 e. The molecule has 2 aliphatic rings. The second-order valence-electron chi connectivity index (χ2n) is 8.75. The molecule has 1 spiro atoms. The third kappa shape index (κ3) is 3.87. The maximum atomic E-state index is 13.1. The number of nitrogens with zero attached hydrogens (tertiary/aromatic N) is 1. The van der Waals surface area contributed by atoms with Gasteiger partial charge in [-0.05, 0) is 94.8 Å². The van der Waals surface area contributed by atoms with Gasteiger partial charge in [-0.25, -0.2) is 0 Å². The molecule has 1 heterocycles. The molecule has 3 heteroatoms. The van der Waals surface area contributed by atoms with Crippen molar-refractivity contribution in [2.24, 2.45) is 5.41 Å². The summed E-state index contributed by atoms with van der Waals surface area (Å²) in [5.74, 6) is 5.64. The average Bonchev–Trinajstić information content (AvgIpc) is 2.57. The molecule has 2 fully saturated rings. The molecule has 1 saturated carbocycles. The quantitative estimate of drug-likeness (QED) is 0.583. The van der Waals surface area contributed by atoms with E-state index < -0.39 is 5.92 Å². The van der Waals surface area contributed by atoms with Crippen molar-refractivity contribution in [1.29, 1.82) is 0 Å². The van der Waals surface area contributed by atoms with E-state index in [1.807, 2.05) is 32.9 Å². The third-order valence-electron chi connectivity index (χ3n) is 6.48. The van der Waals surface area contributed by atoms with E-state index in [4.69, 9.17) is 0 Å². The van der Waals surface area contributed by atoms with Crippen LogP contribution in [0.4, 0.5) is 0 Å². The van der Waals surface area contributed by atoms with Crippen molar-refractivity contribution in [3.63, 3.8) is 0 Å². The normalized spacial score (nSPS) is 20.8. The molecule has 3 rings (SSSR count). The maximum Gasteiger partial charge on any atom is 0.148 e. The van der Waals surface area contributed by atoms with Gasteiger partial charge in [0.15, 0.2) is 0 Å². The first-order valence-electron chi connectivity index (χ1n) is 10.1. The van der Waals surface area contributed by atoms with Gasteiger partial charge < -0.3 is 4.90 Å². The Hall–Kier alpha value is -1.92. The SMILES string of the molecule is CC#Cc1cc(C)c(C2C(=O)CC3(CCN(C(C)C)CC3)CC2=O)c(C)c1. The molecule has 1 aromatic carbocycles. The van der Waals surface area contributed by atoms with Gasteiger partial charge in [0.2, 0.25) is 0 Å². The Morgan fingerprint density at radius 2 is 1.56 bits per heavy atom. The molecule has 0 N–H and O–H groups in total. The predicted octanol–water partition coefficient (Wildman–Crippen LogP) is 4.18. The van der Waals surface area contributed by atoms with Crippen LogP contribution in [0.15, 0.2) is 12.1 Å². The smallest absolute Gasteiger partial charge is 0.148 e. The Balaban J connectivity index is 1.84. The highest BCUT2D eigenvalue weighted by atomic mass is 16.2. The van der Waals surface area contributed by atoms with E-state index >= 15 is 0 Å². The van der Waals surface area contributed by atoms with Crippen LogP contribution >= 0.6 is 0 Å². The summed E-state index contributed by atoms with van der Waals surface area (Å²) >= 11 is 0. The molecular weight excluding hydrogens is 334 g/mol. The fourth-order valence-electron chi connectivity index (χ4n) is 5.02. The molecule has 0 bridgehead atoms. The molecule has 0 atom stereocenters. The van der Waals surface area contributed by atoms with E-state index in [1.54, 1.807) is 0 Å². The number of likely N-dealkylation sites (tertiary alicyclic amines) is 1. The molecule has 27 heavy (non-hydrogen) atoms. The Bertz CT molecular complexity index is 774. The van der Waals surface area contributed by atoms with Crippen molar-refractivity contribution in [2.45, 2.75) is 72.3 Å². The van der Waals surface area contributed by atoms with Crippen molar-refractivity contribution < 1.29 is 9.59 Å². The monoisotopic (exact) mass is 365 g/mol. The lowest BCUT2D eigenvalue weighted by molar-refractivity contribution is -0.138. The van der Waals surface area contributed by atoms with Crippen molar-refractivity contribution in [3.8, 4) is 11.8 Å². The highest BCUT2D eigenvalue weighted by molar-refractivity contribution is 6.10. The van der Waals surface area contributed by atoms with Gasteiger partial charge in [0.1, 0.15) is 17.5 Å². The number of Topliss-reactive ketones (excluding diaryl/α,β-unsaturated/α-hetero) is 2. The zero-order valence-electron chi connectivity index (χ0n) is 17.3. The van der Waals surface area contributed by atoms with Crippen LogP contribution in [0, 0.1) is 31.1 Å². The standard InChI is InChI=1S/C24H31NO2/c1-6-7-19-12-17(4)22(18(5)13-19)23-20(26)14-24(15-21(23)27)8-10-25(11-9-24)16(2)3/h12-13,16,23H,8-11,14-15H2,1-5H3. The van der Waals surface area contributed by atoms with Crippen molar-refractivity contribution in [2.75, 3.05) is 13.1 Å². The van der Waals surface area contributed by atoms with Gasteiger partial charge in [-0.15, -0.1) is 5.92 Å². The second-order valence-corrected chi connectivity index (χ2v) is 8.75. The lowest BCUT2D eigenvalue weighted by atomic mass is 9.62. The predicted molar refractivity (Wildman–Crippen MR) is 109 cm³/mol. The Morgan fingerprint density at radius 3 is 2.00 bits per heavy atom. The van der Waals surface area contributed by atoms with Crippen LogP contribution in [0.25, 0.3) is 0 Å². The summed E-state index contributed by atoms with van der Waals surface area (Å²) in [6.07, 6.45) is 3.01. The molecular formula is C24H31NO2. The minimum atomic E-state index is -0.581. The number of carbonyl (C=O) groups excluding carboxylic acids is 2. The van der Waals surface area contributed by atoms with E-state index in [-0.39, 0.29) is 17.0 Å². The first-order chi connectivity index (χ1) is 12.8. The van der Waals surface area contributed by atoms with Gasteiger partial charge in [-0.2, -0.15) is 0 Å². The lowest BCUT2D eigenvalue weighted by Crippen LogP contribution is -2.48. The number of hydrogen-bond acceptors (Lipinski definition) is 3. The molecule has 0 aromatic heterocycles. The molecule has 1 aliphatic heterocycles. The number of rotatable bonds is 2. The summed E-state index contributed by atoms with van der Waals surface area (Å²) in [6.45, 7) is 12.2. The number of piperidine rings is 1. The summed E-state index contributed by atoms with van der Waals surface area (Å²) < 4.78 is 0. The second kappa shape index (κ2) is 7.60. The van der Waals surface area contributed by atoms with Crippen LogP contribution < -0.4 is 0 Å². The zero-order valence-corrected chi connectivity index (χ0v) is 17.3. The van der Waals surface area contributed by atoms with Crippen LogP contribution in [0.5, 0.6) is 0 Å². The van der Waals surface area contributed by atoms with E-state index in [2.05, 4.69) is 30.6 Å². The number of aryl methyl sites for hydroxylation is 2. The topological polar surface area (TPSA) is 37.4 Å². The van der Waals surface area contributed by atoms with Crippen LogP contribution in [-0.2, 0) is 9.59 Å². The fourth-order valence-corrected chi connectivity index (χ4v) is 5.02. The Kier molecular flexibility index (Phi) is 5.58. The van der Waals surface area contributed by atoms with Crippen molar-refractivity contribution >= 4 is 11.6 Å². The first kappa shape index (κ1) is 19.8. The third-order valence-corrected chi connectivity index (χ3v) is 6.48. The summed E-state index contributed by atoms with van der Waals surface area (Å²) in [6, 6.07) is 4.54. The zero-order chi connectivity index (χ0) is 19.8. The van der Waals surface area contributed by atoms with Gasteiger partial charge >= 0.3 is 0 Å². The van der Waals surface area contributed by atoms with Crippen molar-refractivity contribution in [1.82, 2.24) is 4.90 Å². The Labute approximate surface area is 163 Å². The van der Waals surface area contributed by atoms with Gasteiger partial charge in [-0.1, -0.05) is 5.92 Å². The van der Waals surface area contributed by atoms with E-state index in [9.17, 15) is 9.59 Å². The van der Waals surface area contributed by atoms with Crippen LogP contribution in [0.1, 0.15) is 74.6 Å². The molecule has 1 aromatic rings. The average molecular weight is 366 g/mol. The summed E-state index contributed by atoms with van der Waals surface area (Å²) in [7, 11) is 0. The maximum absolute atomic E-state index is 13.1. The van der Waals surface area contributed by atoms with Crippen LogP contribution in [-0.4, -0.2) is 35.6 Å². The summed E-state index contributed by atoms with van der Waals surface area (Å²) in [5, 5.41) is 0. The van der Waals surface area contributed by atoms with E-state index in [0.29, 0.717) is 18.9 Å². The van der Waals surface area contributed by atoms with E-state index in [0.717, 1.165) is 48.2 Å². The van der Waals surface area contributed by atoms with Gasteiger partial charge in [0.25, 0.3) is 0 Å². The highest BCUT2D eigenvalue weighted by Gasteiger charge is 2.47. The molecule has 0 unspecified atom stereocenters. The number of ketones is 2. The summed E-state index contributed by atoms with van der Waals surface area (Å²) in [5.41, 5.74) is 3.77. The van der Waals surface area contributed by atoms with E-state index in [1.165, 1.54) is 0 Å². The summed E-state index contributed by atoms with van der Waals surface area (Å²) in [4.78, 5) is 28.7. The molecule has 0 radical (unpaired) electrons. The lowest BCUT2D eigenvalue weighted by Gasteiger charge is -2.45. The first-order valence-corrected chi connectivity index (χ1v) is 10.1. The number of hydrogen-bond donors (Lipinski definition) is 0.